The van der Waals surface area contributed by atoms with Crippen molar-refractivity contribution in [3.63, 3.8) is 0 Å². The summed E-state index contributed by atoms with van der Waals surface area (Å²) in [6.07, 6.45) is 7.51. The Bertz CT molecular complexity index is 1210. The van der Waals surface area contributed by atoms with E-state index in [1.807, 2.05) is 0 Å². The molecule has 1 saturated carbocycles. The third kappa shape index (κ3) is 3.45. The number of nitrogens with one attached hydrogen (secondary N) is 1. The van der Waals surface area contributed by atoms with Crippen LogP contribution in [0.25, 0.3) is 11.1 Å². The van der Waals surface area contributed by atoms with Crippen molar-refractivity contribution in [3.05, 3.63) is 77.3 Å². The molecular weight excluding hydrogens is 415 g/mol. The number of carbonyl (C=O) groups excluding carboxylic acids is 2. The number of halogens is 1. The van der Waals surface area contributed by atoms with Gasteiger partial charge >= 0.3 is 5.97 Å². The van der Waals surface area contributed by atoms with E-state index < -0.39 is 11.6 Å². The van der Waals surface area contributed by atoms with Gasteiger partial charge < -0.3 is 9.94 Å². The van der Waals surface area contributed by atoms with Gasteiger partial charge in [0.05, 0.1) is 0 Å². The number of esters is 1. The molecule has 1 amide bonds. The van der Waals surface area contributed by atoms with Crippen LogP contribution in [0.3, 0.4) is 0 Å². The molecule has 0 atom stereocenters. The highest BCUT2D eigenvalue weighted by molar-refractivity contribution is 5.94. The summed E-state index contributed by atoms with van der Waals surface area (Å²) < 4.78 is 20.1. The summed E-state index contributed by atoms with van der Waals surface area (Å²) in [6.45, 7) is 0. The highest BCUT2D eigenvalue weighted by Crippen LogP contribution is 2.47. The lowest BCUT2D eigenvalue weighted by Gasteiger charge is -2.35. The molecule has 3 heterocycles. The van der Waals surface area contributed by atoms with Crippen molar-refractivity contribution in [1.29, 1.82) is 0 Å². The molecule has 1 spiro atoms. The Morgan fingerprint density at radius 3 is 2.59 bits per heavy atom. The molecule has 1 aliphatic heterocycles. The Balaban J connectivity index is 1.24. The van der Waals surface area contributed by atoms with E-state index in [2.05, 4.69) is 15.3 Å². The molecule has 1 N–H and O–H groups in total. The Hall–Kier alpha value is -3.88. The molecule has 1 fully saturated rings. The van der Waals surface area contributed by atoms with Crippen molar-refractivity contribution >= 4 is 17.8 Å². The van der Waals surface area contributed by atoms with E-state index in [9.17, 15) is 19.2 Å². The smallest absolute Gasteiger partial charge is 0.345 e. The summed E-state index contributed by atoms with van der Waals surface area (Å²) in [5, 5.41) is 14.2. The van der Waals surface area contributed by atoms with Crippen LogP contribution in [0.4, 0.5) is 10.3 Å². The van der Waals surface area contributed by atoms with E-state index in [1.165, 1.54) is 30.9 Å². The fraction of sp³-hybridized carbons (Fsp3) is 0.261. The van der Waals surface area contributed by atoms with Crippen molar-refractivity contribution in [2.24, 2.45) is 5.92 Å². The van der Waals surface area contributed by atoms with Crippen LogP contribution in [0.15, 0.2) is 55.1 Å². The van der Waals surface area contributed by atoms with E-state index in [4.69, 9.17) is 4.74 Å². The molecule has 5 rings (SSSR count). The lowest BCUT2D eigenvalue weighted by Crippen LogP contribution is -2.36. The number of anilines is 1. The minimum atomic E-state index is -0.782. The largest absolute Gasteiger partial charge is 0.619 e. The number of ether oxygens (including phenoxy) is 1. The highest BCUT2D eigenvalue weighted by Gasteiger charge is 2.49. The van der Waals surface area contributed by atoms with Crippen LogP contribution in [0.1, 0.15) is 41.6 Å². The topological polar surface area (TPSA) is 108 Å². The molecule has 9 heteroatoms. The maximum Gasteiger partial charge on any atom is 0.345 e. The number of nitrogens with zero attached hydrogens (tertiary/aromatic N) is 3. The second-order valence-electron chi connectivity index (χ2n) is 8.05. The van der Waals surface area contributed by atoms with Gasteiger partial charge in [0.1, 0.15) is 17.0 Å². The number of hydrogen-bond acceptors (Lipinski definition) is 6. The van der Waals surface area contributed by atoms with Gasteiger partial charge in [0.25, 0.3) is 0 Å². The molecular formula is C23H19FN4O4. The highest BCUT2D eigenvalue weighted by atomic mass is 19.1. The second kappa shape index (κ2) is 7.67. The Labute approximate surface area is 182 Å². The standard InChI is InChI=1S/C23H19FN4O4/c24-19-4-2-1-3-16(19)15-11-25-22(26-12-15)27-20(29)14-5-8-23(9-6-14)18-7-10-28(31)13-17(18)21(30)32-23/h1-4,7,10-14H,5-6,8-9H2,(H,25,26,27,29)/t14-,23-. The van der Waals surface area contributed by atoms with E-state index in [0.29, 0.717) is 47.1 Å². The van der Waals surface area contributed by atoms with Crippen molar-refractivity contribution in [2.45, 2.75) is 31.3 Å². The van der Waals surface area contributed by atoms with Gasteiger partial charge in [0.2, 0.25) is 11.9 Å². The number of benzene rings is 1. The van der Waals surface area contributed by atoms with Gasteiger partial charge in [-0.15, -0.1) is 0 Å². The zero-order chi connectivity index (χ0) is 22.3. The molecule has 2 aromatic heterocycles. The summed E-state index contributed by atoms with van der Waals surface area (Å²) in [4.78, 5) is 33.2. The van der Waals surface area contributed by atoms with E-state index in [-0.39, 0.29) is 29.2 Å². The lowest BCUT2D eigenvalue weighted by molar-refractivity contribution is -0.605. The molecule has 2 aliphatic rings. The van der Waals surface area contributed by atoms with E-state index in [0.717, 1.165) is 0 Å². The molecule has 1 aliphatic carbocycles. The molecule has 162 valence electrons. The van der Waals surface area contributed by atoms with Crippen molar-refractivity contribution in [3.8, 4) is 11.1 Å². The van der Waals surface area contributed by atoms with Gasteiger partial charge in [-0.2, -0.15) is 4.73 Å². The number of fused-ring (bicyclic) bond motifs is 2. The normalized spacial score (nSPS) is 21.8. The molecule has 8 nitrogen and oxygen atoms in total. The van der Waals surface area contributed by atoms with Gasteiger partial charge in [-0.3, -0.25) is 10.1 Å². The SMILES string of the molecule is O=C1O[C@]2(CC[C@H](C(=O)Nc3ncc(-c4ccccc4F)cn3)CC2)c2cc[n+]([O-])cc21. The zero-order valence-electron chi connectivity index (χ0n) is 17.0. The van der Waals surface area contributed by atoms with Crippen LogP contribution in [0.5, 0.6) is 0 Å². The fourth-order valence-corrected chi connectivity index (χ4v) is 4.48. The second-order valence-corrected chi connectivity index (χ2v) is 8.05. The Morgan fingerprint density at radius 1 is 1.16 bits per heavy atom. The van der Waals surface area contributed by atoms with Gasteiger partial charge in [-0.1, -0.05) is 18.2 Å². The Kier molecular flexibility index (Phi) is 4.80. The number of carbonyl (C=O) groups is 2. The quantitative estimate of drug-likeness (QED) is 0.386. The molecule has 0 saturated heterocycles. The third-order valence-corrected chi connectivity index (χ3v) is 6.17. The van der Waals surface area contributed by atoms with Gasteiger partial charge in [-0.25, -0.2) is 19.2 Å². The summed E-state index contributed by atoms with van der Waals surface area (Å²) in [5.41, 5.74) is 1.11. The van der Waals surface area contributed by atoms with Crippen LogP contribution >= 0.6 is 0 Å². The molecule has 32 heavy (non-hydrogen) atoms. The van der Waals surface area contributed by atoms with Crippen LogP contribution in [-0.2, 0) is 15.1 Å². The summed E-state index contributed by atoms with van der Waals surface area (Å²) in [6, 6.07) is 7.95. The van der Waals surface area contributed by atoms with Crippen molar-refractivity contribution in [2.75, 3.05) is 5.32 Å². The monoisotopic (exact) mass is 434 g/mol. The first-order valence-corrected chi connectivity index (χ1v) is 10.3. The van der Waals surface area contributed by atoms with Crippen molar-refractivity contribution < 1.29 is 23.4 Å². The average Bonchev–Trinajstić information content (AvgIpc) is 3.05. The third-order valence-electron chi connectivity index (χ3n) is 6.17. The van der Waals surface area contributed by atoms with Gasteiger partial charge in [0, 0.05) is 41.1 Å². The summed E-state index contributed by atoms with van der Waals surface area (Å²) in [7, 11) is 0. The predicted molar refractivity (Wildman–Crippen MR) is 111 cm³/mol. The number of aromatic nitrogens is 3. The summed E-state index contributed by atoms with van der Waals surface area (Å²) in [5.74, 6) is -1.23. The van der Waals surface area contributed by atoms with Gasteiger partial charge in [-0.05, 0) is 31.7 Å². The van der Waals surface area contributed by atoms with Crippen LogP contribution in [-0.4, -0.2) is 21.8 Å². The zero-order valence-corrected chi connectivity index (χ0v) is 17.0. The predicted octanol–water partition coefficient (Wildman–Crippen LogP) is 3.11. The minimum Gasteiger partial charge on any atom is -0.619 e. The molecule has 3 aromatic rings. The number of pyridine rings is 1. The van der Waals surface area contributed by atoms with Crippen LogP contribution < -0.4 is 10.0 Å². The number of rotatable bonds is 3. The van der Waals surface area contributed by atoms with Crippen LogP contribution in [0.2, 0.25) is 0 Å². The van der Waals surface area contributed by atoms with E-state index >= 15 is 0 Å². The first-order valence-electron chi connectivity index (χ1n) is 10.3. The number of hydrogen-bond donors (Lipinski definition) is 1. The first-order chi connectivity index (χ1) is 15.4. The summed E-state index contributed by atoms with van der Waals surface area (Å²) >= 11 is 0. The minimum absolute atomic E-state index is 0.146. The number of amides is 1. The van der Waals surface area contributed by atoms with Gasteiger partial charge in [0.15, 0.2) is 12.4 Å². The molecule has 0 bridgehead atoms. The lowest BCUT2D eigenvalue weighted by atomic mass is 9.75. The van der Waals surface area contributed by atoms with E-state index in [1.54, 1.807) is 24.3 Å². The molecule has 0 radical (unpaired) electrons. The molecule has 0 unspecified atom stereocenters. The average molecular weight is 434 g/mol. The first kappa shape index (κ1) is 20.0. The maximum absolute atomic E-state index is 13.9. The Morgan fingerprint density at radius 2 is 1.88 bits per heavy atom. The van der Waals surface area contributed by atoms with Crippen LogP contribution in [0, 0.1) is 16.9 Å². The maximum atomic E-state index is 13.9. The fourth-order valence-electron chi connectivity index (χ4n) is 4.48. The molecule has 1 aromatic carbocycles. The van der Waals surface area contributed by atoms with Crippen molar-refractivity contribution in [1.82, 2.24) is 9.97 Å².